The Morgan fingerprint density at radius 3 is 2.59 bits per heavy atom. The highest BCUT2D eigenvalue weighted by Crippen LogP contribution is 2.09. The van der Waals surface area contributed by atoms with Crippen LogP contribution in [0.25, 0.3) is 17.1 Å². The smallest absolute Gasteiger partial charge is 0.207 e. The van der Waals surface area contributed by atoms with Gasteiger partial charge in [-0.2, -0.15) is 0 Å². The van der Waals surface area contributed by atoms with E-state index in [0.717, 1.165) is 5.56 Å². The van der Waals surface area contributed by atoms with Crippen molar-refractivity contribution in [3.8, 4) is 6.57 Å². The Labute approximate surface area is 97.8 Å². The van der Waals surface area contributed by atoms with Gasteiger partial charge < -0.3 is 0 Å². The van der Waals surface area contributed by atoms with Crippen molar-refractivity contribution in [2.75, 3.05) is 0 Å². The Morgan fingerprint density at radius 2 is 1.94 bits per heavy atom. The van der Waals surface area contributed by atoms with Gasteiger partial charge in [0.05, 0.1) is 4.95 Å². The second kappa shape index (κ2) is 4.58. The zero-order valence-electron chi connectivity index (χ0n) is 9.21. The van der Waals surface area contributed by atoms with Crippen molar-refractivity contribution in [1.29, 1.82) is 0 Å². The number of nitrogens with zero attached hydrogens (tertiary/aromatic N) is 4. The van der Waals surface area contributed by atoms with E-state index in [1.54, 1.807) is 31.2 Å². The molecule has 1 aromatic heterocycles. The molecule has 0 aliphatic heterocycles. The number of hydrogen-bond acceptors (Lipinski definition) is 2. The van der Waals surface area contributed by atoms with Crippen LogP contribution in [0.1, 0.15) is 17.2 Å². The predicted molar refractivity (Wildman–Crippen MR) is 63.8 cm³/mol. The van der Waals surface area contributed by atoms with Crippen molar-refractivity contribution in [3.63, 3.8) is 0 Å². The van der Waals surface area contributed by atoms with Crippen molar-refractivity contribution in [3.05, 3.63) is 52.2 Å². The Morgan fingerprint density at radius 1 is 1.24 bits per heavy atom. The fourth-order valence-electron chi connectivity index (χ4n) is 1.37. The molecule has 1 heterocycles. The maximum atomic E-state index is 12.7. The third-order valence-corrected chi connectivity index (χ3v) is 2.23. The van der Waals surface area contributed by atoms with Gasteiger partial charge in [0.2, 0.25) is 11.6 Å². The predicted octanol–water partition coefficient (Wildman–Crippen LogP) is 2.62. The van der Waals surface area contributed by atoms with E-state index >= 15 is 0 Å². The Hall–Kier alpha value is -2.48. The highest BCUT2D eigenvalue weighted by atomic mass is 19.1. The monoisotopic (exact) mass is 229 g/mol. The van der Waals surface area contributed by atoms with Gasteiger partial charge in [0.1, 0.15) is 5.82 Å². The molecule has 0 spiro atoms. The molecule has 0 aliphatic rings. The number of halogens is 1. The van der Waals surface area contributed by atoms with Crippen molar-refractivity contribution in [1.82, 2.24) is 14.9 Å². The molecule has 0 N–H and O–H groups in total. The van der Waals surface area contributed by atoms with Crippen LogP contribution in [0.2, 0.25) is 0 Å². The lowest BCUT2D eigenvalue weighted by Gasteiger charge is -1.91. The molecule has 17 heavy (non-hydrogen) atoms. The molecular weight excluding hydrogens is 219 g/mol. The molecule has 0 saturated carbocycles. The second-order valence-electron chi connectivity index (χ2n) is 3.42. The molecule has 0 atom stereocenters. The van der Waals surface area contributed by atoms with Crippen LogP contribution in [0.4, 0.5) is 4.39 Å². The zero-order chi connectivity index (χ0) is 12.3. The van der Waals surface area contributed by atoms with Gasteiger partial charge >= 0.3 is 6.57 Å². The van der Waals surface area contributed by atoms with Gasteiger partial charge in [-0.25, -0.2) is 4.39 Å². The molecular formula is C12H10FN4+. The lowest BCUT2D eigenvalue weighted by molar-refractivity contribution is 0.628. The van der Waals surface area contributed by atoms with E-state index in [4.69, 9.17) is 6.57 Å². The molecule has 1 aromatic carbocycles. The van der Waals surface area contributed by atoms with Crippen LogP contribution in [0.5, 0.6) is 0 Å². The third kappa shape index (κ3) is 2.37. The van der Waals surface area contributed by atoms with Crippen molar-refractivity contribution in [2.24, 2.45) is 0 Å². The first kappa shape index (κ1) is 11.0. The standard InChI is InChI=1S/C12H10FN4/c1-9-15-16-12(17(9)14-2)8-5-10-3-6-11(13)7-4-10/h2-8H,1H3/q+1/b8-5+. The molecule has 0 amide bonds. The summed E-state index contributed by atoms with van der Waals surface area (Å²) in [4.78, 5) is 3.54. The number of hydrogen-bond donors (Lipinski definition) is 0. The van der Waals surface area contributed by atoms with E-state index in [9.17, 15) is 4.39 Å². The first-order chi connectivity index (χ1) is 8.20. The van der Waals surface area contributed by atoms with E-state index in [-0.39, 0.29) is 5.82 Å². The van der Waals surface area contributed by atoms with E-state index in [0.29, 0.717) is 11.6 Å². The van der Waals surface area contributed by atoms with Gasteiger partial charge in [-0.1, -0.05) is 18.2 Å². The summed E-state index contributed by atoms with van der Waals surface area (Å²) in [5, 5.41) is 7.74. The lowest BCUT2D eigenvalue weighted by Crippen LogP contribution is -1.90. The highest BCUT2D eigenvalue weighted by Gasteiger charge is 2.11. The van der Waals surface area contributed by atoms with Gasteiger partial charge in [0.15, 0.2) is 0 Å². The molecule has 4 nitrogen and oxygen atoms in total. The topological polar surface area (TPSA) is 35.1 Å². The summed E-state index contributed by atoms with van der Waals surface area (Å²) in [5.74, 6) is 0.860. The molecule has 0 fully saturated rings. The Bertz CT molecular complexity index is 590. The maximum absolute atomic E-state index is 12.7. The van der Waals surface area contributed by atoms with Crippen LogP contribution in [0.3, 0.4) is 0 Å². The van der Waals surface area contributed by atoms with Crippen molar-refractivity contribution >= 4 is 12.2 Å². The van der Waals surface area contributed by atoms with Crippen molar-refractivity contribution in [2.45, 2.75) is 6.92 Å². The summed E-state index contributed by atoms with van der Waals surface area (Å²) in [6.07, 6.45) is 3.49. The van der Waals surface area contributed by atoms with Gasteiger partial charge in [-0.3, -0.25) is 0 Å². The number of benzene rings is 1. The lowest BCUT2D eigenvalue weighted by atomic mass is 10.2. The minimum atomic E-state index is -0.266. The zero-order valence-corrected chi connectivity index (χ0v) is 9.21. The van der Waals surface area contributed by atoms with Crippen LogP contribution >= 0.6 is 0 Å². The number of aromatic nitrogens is 3. The molecule has 2 aromatic rings. The summed E-state index contributed by atoms with van der Waals surface area (Å²) in [7, 11) is 0. The summed E-state index contributed by atoms with van der Waals surface area (Å²) in [5.41, 5.74) is 0.857. The van der Waals surface area contributed by atoms with Gasteiger partial charge in [-0.05, 0) is 23.8 Å². The maximum Gasteiger partial charge on any atom is 0.305 e. The number of aryl methyl sites for hydroxylation is 1. The first-order valence-corrected chi connectivity index (χ1v) is 4.97. The van der Waals surface area contributed by atoms with Gasteiger partial charge in [0.25, 0.3) is 0 Å². The Kier molecular flexibility index (Phi) is 2.97. The molecule has 0 radical (unpaired) electrons. The highest BCUT2D eigenvalue weighted by molar-refractivity contribution is 5.66. The van der Waals surface area contributed by atoms with Crippen molar-refractivity contribution < 1.29 is 4.39 Å². The summed E-state index contributed by atoms with van der Waals surface area (Å²) in [6.45, 7) is 6.96. The summed E-state index contributed by atoms with van der Waals surface area (Å²) in [6, 6.07) is 6.11. The second-order valence-corrected chi connectivity index (χ2v) is 3.42. The van der Waals surface area contributed by atoms with E-state index < -0.39 is 0 Å². The molecule has 0 unspecified atom stereocenters. The minimum Gasteiger partial charge on any atom is -0.207 e. The van der Waals surface area contributed by atoms with Crippen LogP contribution in [0.15, 0.2) is 24.3 Å². The average Bonchev–Trinajstić information content (AvgIpc) is 2.69. The normalized spacial score (nSPS) is 10.6. The van der Waals surface area contributed by atoms with Crippen LogP contribution in [-0.2, 0) is 0 Å². The van der Waals surface area contributed by atoms with E-state index in [1.165, 1.54) is 16.8 Å². The molecule has 2 rings (SSSR count). The molecule has 84 valence electrons. The summed E-state index contributed by atoms with van der Waals surface area (Å²) < 4.78 is 14.1. The third-order valence-electron chi connectivity index (χ3n) is 2.23. The summed E-state index contributed by atoms with van der Waals surface area (Å²) >= 11 is 0. The van der Waals surface area contributed by atoms with Crippen LogP contribution < -0.4 is 0 Å². The van der Waals surface area contributed by atoms with Gasteiger partial charge in [0, 0.05) is 11.6 Å². The molecule has 0 saturated heterocycles. The van der Waals surface area contributed by atoms with Crippen LogP contribution in [0, 0.1) is 19.3 Å². The fraction of sp³-hybridized carbons (Fsp3) is 0.0833. The molecule has 0 bridgehead atoms. The fourth-order valence-corrected chi connectivity index (χ4v) is 1.37. The molecule has 0 aliphatic carbocycles. The first-order valence-electron chi connectivity index (χ1n) is 4.97. The minimum absolute atomic E-state index is 0.266. The number of rotatable bonds is 2. The quantitative estimate of drug-likeness (QED) is 0.793. The largest absolute Gasteiger partial charge is 0.305 e. The van der Waals surface area contributed by atoms with Crippen LogP contribution in [-0.4, -0.2) is 14.9 Å². The van der Waals surface area contributed by atoms with Gasteiger partial charge in [-0.15, -0.1) is 10.2 Å². The SMILES string of the molecule is C#[N+]n1c(C)nnc1/C=C/c1ccc(F)cc1. The molecule has 5 heteroatoms. The van der Waals surface area contributed by atoms with E-state index in [2.05, 4.69) is 15.2 Å². The average molecular weight is 229 g/mol. The Balaban J connectivity index is 2.26. The van der Waals surface area contributed by atoms with E-state index in [1.807, 2.05) is 0 Å².